The molecule has 0 bridgehead atoms. The van der Waals surface area contributed by atoms with Crippen LogP contribution in [0.3, 0.4) is 0 Å². The van der Waals surface area contributed by atoms with Crippen LogP contribution in [0.5, 0.6) is 0 Å². The molecule has 0 spiro atoms. The van der Waals surface area contributed by atoms with Crippen LogP contribution in [0.25, 0.3) is 11.4 Å². The fraction of sp³-hybridized carbons (Fsp3) is 0.389. The minimum Gasteiger partial charge on any atom is -0.344 e. The van der Waals surface area contributed by atoms with Crippen LogP contribution in [-0.2, 0) is 11.2 Å². The average molecular weight is 323 g/mol. The summed E-state index contributed by atoms with van der Waals surface area (Å²) < 4.78 is 0. The van der Waals surface area contributed by atoms with Gasteiger partial charge in [-0.05, 0) is 12.8 Å². The molecule has 0 aliphatic carbocycles. The molecule has 2 heterocycles. The molecule has 1 aliphatic heterocycles. The largest absolute Gasteiger partial charge is 0.344 e. The molecule has 2 N–H and O–H groups in total. The van der Waals surface area contributed by atoms with Crippen molar-refractivity contribution in [3.63, 3.8) is 0 Å². The zero-order valence-electron chi connectivity index (χ0n) is 13.5. The summed E-state index contributed by atoms with van der Waals surface area (Å²) in [5, 5.41) is 12.2. The highest BCUT2D eigenvalue weighted by Crippen LogP contribution is 2.16. The first kappa shape index (κ1) is 16.2. The van der Waals surface area contributed by atoms with Gasteiger partial charge in [0.15, 0.2) is 0 Å². The fourth-order valence-electron chi connectivity index (χ4n) is 2.94. The van der Waals surface area contributed by atoms with Crippen LogP contribution < -0.4 is 5.32 Å². The van der Waals surface area contributed by atoms with Gasteiger partial charge >= 0.3 is 0 Å². The minimum absolute atomic E-state index is 0.00560. The van der Waals surface area contributed by atoms with E-state index < -0.39 is 0 Å². The van der Waals surface area contributed by atoms with Gasteiger partial charge in [-0.1, -0.05) is 30.3 Å². The summed E-state index contributed by atoms with van der Waals surface area (Å²) in [6.07, 6.45) is 4.35. The summed E-state index contributed by atoms with van der Waals surface area (Å²) >= 11 is 0. The Labute approximate surface area is 141 Å². The molecular weight excluding hydrogens is 302 g/mol. The van der Waals surface area contributed by atoms with Gasteiger partial charge in [0.2, 0.25) is 5.91 Å². The number of aromatic amines is 1. The highest BCUT2D eigenvalue weighted by molar-refractivity contribution is 5.79. The average Bonchev–Trinajstić information content (AvgIpc) is 3.28. The molecule has 1 aromatic carbocycles. The third-order valence-corrected chi connectivity index (χ3v) is 4.23. The maximum Gasteiger partial charge on any atom is 0.237 e. The Morgan fingerprint density at radius 3 is 3.04 bits per heavy atom. The summed E-state index contributed by atoms with van der Waals surface area (Å²) in [7, 11) is 0. The molecule has 1 atom stereocenters. The van der Waals surface area contributed by atoms with Crippen molar-refractivity contribution in [3.05, 3.63) is 42.2 Å². The van der Waals surface area contributed by atoms with E-state index in [0.29, 0.717) is 13.1 Å². The molecule has 6 heteroatoms. The van der Waals surface area contributed by atoms with Crippen LogP contribution in [0.2, 0.25) is 0 Å². The number of H-pyrrole nitrogens is 1. The van der Waals surface area contributed by atoms with Crippen molar-refractivity contribution in [2.75, 3.05) is 19.6 Å². The number of carbonyl (C=O) groups is 1. The summed E-state index contributed by atoms with van der Waals surface area (Å²) in [5.41, 5.74) is 2.02. The lowest BCUT2D eigenvalue weighted by Gasteiger charge is -2.19. The molecule has 6 nitrogen and oxygen atoms in total. The van der Waals surface area contributed by atoms with Gasteiger partial charge in [0.1, 0.15) is 11.9 Å². The maximum absolute atomic E-state index is 12.1. The fourth-order valence-corrected chi connectivity index (χ4v) is 2.94. The number of nitrogens with one attached hydrogen (secondary N) is 2. The molecule has 1 amide bonds. The van der Waals surface area contributed by atoms with Crippen molar-refractivity contribution < 1.29 is 4.79 Å². The van der Waals surface area contributed by atoms with E-state index in [1.165, 1.54) is 0 Å². The maximum atomic E-state index is 12.1. The summed E-state index contributed by atoms with van der Waals surface area (Å²) in [6.45, 7) is 1.64. The Kier molecular flexibility index (Phi) is 5.24. The van der Waals surface area contributed by atoms with Gasteiger partial charge in [-0.15, -0.1) is 0 Å². The number of nitriles is 1. The number of rotatable bonds is 6. The third-order valence-electron chi connectivity index (χ3n) is 4.23. The van der Waals surface area contributed by atoms with Crippen molar-refractivity contribution in [1.82, 2.24) is 20.2 Å². The first-order valence-electron chi connectivity index (χ1n) is 8.27. The van der Waals surface area contributed by atoms with E-state index in [1.807, 2.05) is 36.5 Å². The lowest BCUT2D eigenvalue weighted by atomic mass is 10.2. The monoisotopic (exact) mass is 323 g/mol. The molecule has 3 rings (SSSR count). The van der Waals surface area contributed by atoms with Crippen molar-refractivity contribution >= 4 is 5.91 Å². The quantitative estimate of drug-likeness (QED) is 0.793. The van der Waals surface area contributed by atoms with Crippen LogP contribution in [0, 0.1) is 11.3 Å². The topological polar surface area (TPSA) is 84.8 Å². The van der Waals surface area contributed by atoms with Crippen LogP contribution in [0.4, 0.5) is 0 Å². The second-order valence-corrected chi connectivity index (χ2v) is 5.91. The van der Waals surface area contributed by atoms with Crippen molar-refractivity contribution in [1.29, 1.82) is 5.26 Å². The Bertz CT molecular complexity index is 719. The summed E-state index contributed by atoms with van der Waals surface area (Å²) in [6, 6.07) is 11.9. The third kappa shape index (κ3) is 3.81. The van der Waals surface area contributed by atoms with E-state index in [-0.39, 0.29) is 18.5 Å². The van der Waals surface area contributed by atoms with E-state index in [9.17, 15) is 4.79 Å². The first-order chi connectivity index (χ1) is 11.8. The van der Waals surface area contributed by atoms with E-state index in [4.69, 9.17) is 5.26 Å². The van der Waals surface area contributed by atoms with Gasteiger partial charge < -0.3 is 15.2 Å². The molecule has 124 valence electrons. The van der Waals surface area contributed by atoms with Gasteiger partial charge in [0, 0.05) is 31.3 Å². The van der Waals surface area contributed by atoms with Crippen molar-refractivity contribution in [2.24, 2.45) is 0 Å². The lowest BCUT2D eigenvalue weighted by Crippen LogP contribution is -2.41. The van der Waals surface area contributed by atoms with Gasteiger partial charge in [0.25, 0.3) is 0 Å². The number of nitrogens with zero attached hydrogens (tertiary/aromatic N) is 3. The van der Waals surface area contributed by atoms with Crippen molar-refractivity contribution in [2.45, 2.75) is 25.3 Å². The predicted octanol–water partition coefficient (Wildman–Crippen LogP) is 1.72. The van der Waals surface area contributed by atoms with Crippen LogP contribution in [-0.4, -0.2) is 46.5 Å². The number of hydrogen-bond acceptors (Lipinski definition) is 4. The number of carbonyl (C=O) groups excluding carboxylic acids is 1. The molecule has 1 unspecified atom stereocenters. The van der Waals surface area contributed by atoms with Gasteiger partial charge in [-0.25, -0.2) is 4.98 Å². The van der Waals surface area contributed by atoms with Crippen molar-refractivity contribution in [3.8, 4) is 17.5 Å². The second-order valence-electron chi connectivity index (χ2n) is 5.91. The zero-order valence-corrected chi connectivity index (χ0v) is 13.5. The SMILES string of the molecule is N#CC1CCCN1C(=O)CNCCc1c[nH]c(-c2ccccc2)n1. The molecular formula is C18H21N5O. The Morgan fingerprint density at radius 2 is 2.25 bits per heavy atom. The lowest BCUT2D eigenvalue weighted by molar-refractivity contribution is -0.130. The number of benzene rings is 1. The van der Waals surface area contributed by atoms with Crippen LogP contribution in [0.1, 0.15) is 18.5 Å². The van der Waals surface area contributed by atoms with E-state index in [2.05, 4.69) is 21.4 Å². The van der Waals surface area contributed by atoms with E-state index >= 15 is 0 Å². The van der Waals surface area contributed by atoms with E-state index in [0.717, 1.165) is 36.3 Å². The van der Waals surface area contributed by atoms with Crippen LogP contribution in [0.15, 0.2) is 36.5 Å². The second kappa shape index (κ2) is 7.75. The van der Waals surface area contributed by atoms with Gasteiger partial charge in [0.05, 0.1) is 18.3 Å². The van der Waals surface area contributed by atoms with Crippen LogP contribution >= 0.6 is 0 Å². The molecule has 1 aliphatic rings. The number of likely N-dealkylation sites (tertiary alicyclic amines) is 1. The molecule has 1 fully saturated rings. The van der Waals surface area contributed by atoms with Gasteiger partial charge in [-0.3, -0.25) is 4.79 Å². The Morgan fingerprint density at radius 1 is 1.42 bits per heavy atom. The summed E-state index contributed by atoms with van der Waals surface area (Å²) in [5.74, 6) is 0.863. The molecule has 24 heavy (non-hydrogen) atoms. The zero-order chi connectivity index (χ0) is 16.8. The molecule has 1 aromatic heterocycles. The minimum atomic E-state index is -0.251. The highest BCUT2D eigenvalue weighted by Gasteiger charge is 2.27. The van der Waals surface area contributed by atoms with Gasteiger partial charge in [-0.2, -0.15) is 5.26 Å². The predicted molar refractivity (Wildman–Crippen MR) is 90.9 cm³/mol. The normalized spacial score (nSPS) is 17.0. The Balaban J connectivity index is 1.43. The number of amides is 1. The molecule has 0 radical (unpaired) electrons. The smallest absolute Gasteiger partial charge is 0.237 e. The standard InChI is InChI=1S/C18H21N5O/c19-11-16-7-4-10-23(16)17(24)13-20-9-8-15-12-21-18(22-15)14-5-2-1-3-6-14/h1-3,5-6,12,16,20H,4,7-10,13H2,(H,21,22). The highest BCUT2D eigenvalue weighted by atomic mass is 16.2. The number of aromatic nitrogens is 2. The van der Waals surface area contributed by atoms with E-state index in [1.54, 1.807) is 4.90 Å². The first-order valence-corrected chi connectivity index (χ1v) is 8.27. The summed E-state index contributed by atoms with van der Waals surface area (Å²) in [4.78, 5) is 21.5. The molecule has 1 saturated heterocycles. The number of hydrogen-bond donors (Lipinski definition) is 2. The molecule has 2 aromatic rings. The number of imidazole rings is 1. The Hall–Kier alpha value is -2.65. The molecule has 0 saturated carbocycles.